The van der Waals surface area contributed by atoms with E-state index in [-0.39, 0.29) is 12.5 Å². The molecule has 3 rings (SSSR count). The Kier molecular flexibility index (Phi) is 2.33. The number of nitrogens with two attached hydrogens (primary N) is 1. The molecule has 0 unspecified atom stereocenters. The first-order chi connectivity index (χ1) is 8.74. The lowest BCUT2D eigenvalue weighted by Gasteiger charge is -2.29. The molecular formula is C12H11N5O. The molecule has 0 fully saturated rings. The topological polar surface area (TPSA) is 84.1 Å². The Hall–Kier alpha value is -2.63. The number of amides is 1. The first-order valence-electron chi connectivity index (χ1n) is 5.50. The van der Waals surface area contributed by atoms with Crippen molar-refractivity contribution in [1.82, 2.24) is 10.2 Å². The van der Waals surface area contributed by atoms with Crippen molar-refractivity contribution in [1.29, 1.82) is 0 Å². The lowest BCUT2D eigenvalue weighted by atomic mass is 10.2. The van der Waals surface area contributed by atoms with Crippen molar-refractivity contribution in [3.8, 4) is 0 Å². The molecule has 2 heterocycles. The number of hydrogen-bond donors (Lipinski definition) is 2. The van der Waals surface area contributed by atoms with Gasteiger partial charge in [-0.3, -0.25) is 4.79 Å². The lowest BCUT2D eigenvalue weighted by Crippen LogP contribution is -2.35. The van der Waals surface area contributed by atoms with E-state index in [4.69, 9.17) is 5.73 Å². The van der Waals surface area contributed by atoms with Crippen molar-refractivity contribution in [2.24, 2.45) is 0 Å². The number of nitrogens with zero attached hydrogens (tertiary/aromatic N) is 3. The number of hydrogen-bond acceptors (Lipinski definition) is 5. The minimum absolute atomic E-state index is 0.0766. The number of carbonyl (C=O) groups excluding carboxylic acids is 1. The van der Waals surface area contributed by atoms with Gasteiger partial charge in [0, 0.05) is 0 Å². The molecule has 90 valence electrons. The molecule has 0 spiro atoms. The molecule has 18 heavy (non-hydrogen) atoms. The zero-order valence-electron chi connectivity index (χ0n) is 9.50. The number of benzene rings is 1. The molecule has 0 saturated carbocycles. The number of nitrogen functional groups attached to an aromatic ring is 1. The van der Waals surface area contributed by atoms with Gasteiger partial charge in [0.05, 0.1) is 11.4 Å². The van der Waals surface area contributed by atoms with E-state index in [9.17, 15) is 4.79 Å². The Morgan fingerprint density at radius 3 is 2.78 bits per heavy atom. The summed E-state index contributed by atoms with van der Waals surface area (Å²) in [5, 5.41) is 10.6. The van der Waals surface area contributed by atoms with Crippen molar-refractivity contribution in [2.45, 2.75) is 0 Å². The molecule has 6 nitrogen and oxygen atoms in total. The summed E-state index contributed by atoms with van der Waals surface area (Å²) in [6, 6.07) is 11.0. The fourth-order valence-electron chi connectivity index (χ4n) is 1.92. The maximum atomic E-state index is 11.7. The van der Waals surface area contributed by atoms with Crippen LogP contribution in [-0.2, 0) is 4.79 Å². The summed E-state index contributed by atoms with van der Waals surface area (Å²) < 4.78 is 0. The summed E-state index contributed by atoms with van der Waals surface area (Å²) in [4.78, 5) is 13.5. The molecule has 6 heteroatoms. The lowest BCUT2D eigenvalue weighted by molar-refractivity contribution is -0.115. The predicted molar refractivity (Wildman–Crippen MR) is 68.5 cm³/mol. The molecule has 0 atom stereocenters. The average molecular weight is 241 g/mol. The number of nitrogens with one attached hydrogen (secondary N) is 1. The highest BCUT2D eigenvalue weighted by Gasteiger charge is 2.23. The van der Waals surface area contributed by atoms with Gasteiger partial charge >= 0.3 is 0 Å². The molecule has 1 aliphatic rings. The van der Waals surface area contributed by atoms with E-state index in [0.29, 0.717) is 11.6 Å². The van der Waals surface area contributed by atoms with E-state index >= 15 is 0 Å². The standard InChI is InChI=1S/C12H11N5O/c13-10-5-6-11(16-15-10)17-7-12(18)14-8-3-1-2-4-9(8)17/h1-6H,7H2,(H2,13,15)(H,14,18). The predicted octanol–water partition coefficient (Wildman–Crippen LogP) is 1.15. The van der Waals surface area contributed by atoms with E-state index in [1.807, 2.05) is 24.3 Å². The first kappa shape index (κ1) is 10.5. The van der Waals surface area contributed by atoms with E-state index < -0.39 is 0 Å². The Labute approximate surface area is 103 Å². The maximum Gasteiger partial charge on any atom is 0.244 e. The Morgan fingerprint density at radius 2 is 2.00 bits per heavy atom. The van der Waals surface area contributed by atoms with Gasteiger partial charge in [-0.15, -0.1) is 10.2 Å². The third-order valence-electron chi connectivity index (χ3n) is 2.72. The SMILES string of the molecule is Nc1ccc(N2CC(=O)Nc3ccccc32)nn1. The minimum atomic E-state index is -0.0766. The summed E-state index contributed by atoms with van der Waals surface area (Å²) in [5.74, 6) is 0.882. The highest BCUT2D eigenvalue weighted by atomic mass is 16.2. The van der Waals surface area contributed by atoms with Gasteiger partial charge in [-0.1, -0.05) is 12.1 Å². The molecular weight excluding hydrogens is 230 g/mol. The summed E-state index contributed by atoms with van der Waals surface area (Å²) in [6.45, 7) is 0.218. The third kappa shape index (κ3) is 1.73. The molecule has 1 aromatic heterocycles. The number of para-hydroxylation sites is 2. The van der Waals surface area contributed by atoms with E-state index in [0.717, 1.165) is 11.4 Å². The number of anilines is 4. The van der Waals surface area contributed by atoms with Gasteiger partial charge in [-0.05, 0) is 24.3 Å². The molecule has 0 bridgehead atoms. The summed E-state index contributed by atoms with van der Waals surface area (Å²) in [6.07, 6.45) is 0. The second kappa shape index (κ2) is 3.99. The molecule has 0 aliphatic carbocycles. The number of rotatable bonds is 1. The Bertz CT molecular complexity index is 596. The average Bonchev–Trinajstić information content (AvgIpc) is 2.38. The number of fused-ring (bicyclic) bond motifs is 1. The third-order valence-corrected chi connectivity index (χ3v) is 2.72. The van der Waals surface area contributed by atoms with Gasteiger partial charge in [0.25, 0.3) is 0 Å². The summed E-state index contributed by atoms with van der Waals surface area (Å²) in [7, 11) is 0. The van der Waals surface area contributed by atoms with Gasteiger partial charge < -0.3 is 16.0 Å². The van der Waals surface area contributed by atoms with Crippen molar-refractivity contribution in [3.05, 3.63) is 36.4 Å². The first-order valence-corrected chi connectivity index (χ1v) is 5.50. The normalized spacial score (nSPS) is 14.0. The van der Waals surface area contributed by atoms with Crippen molar-refractivity contribution < 1.29 is 4.79 Å². The van der Waals surface area contributed by atoms with Crippen LogP contribution in [0.4, 0.5) is 23.0 Å². The summed E-state index contributed by atoms with van der Waals surface area (Å²) >= 11 is 0. The fraction of sp³-hybridized carbons (Fsp3) is 0.0833. The molecule has 3 N–H and O–H groups in total. The zero-order valence-corrected chi connectivity index (χ0v) is 9.50. The van der Waals surface area contributed by atoms with Crippen molar-refractivity contribution in [3.63, 3.8) is 0 Å². The van der Waals surface area contributed by atoms with Crippen LogP contribution in [0.2, 0.25) is 0 Å². The number of carbonyl (C=O) groups is 1. The van der Waals surface area contributed by atoms with Gasteiger partial charge in [0.1, 0.15) is 12.4 Å². The summed E-state index contributed by atoms with van der Waals surface area (Å²) in [5.41, 5.74) is 7.18. The van der Waals surface area contributed by atoms with Crippen molar-refractivity contribution in [2.75, 3.05) is 22.5 Å². The van der Waals surface area contributed by atoms with Crippen LogP contribution in [-0.4, -0.2) is 22.6 Å². The Balaban J connectivity index is 2.07. The second-order valence-corrected chi connectivity index (χ2v) is 3.97. The van der Waals surface area contributed by atoms with Gasteiger partial charge in [0.15, 0.2) is 5.82 Å². The van der Waals surface area contributed by atoms with Crippen LogP contribution in [0.3, 0.4) is 0 Å². The fourth-order valence-corrected chi connectivity index (χ4v) is 1.92. The maximum absolute atomic E-state index is 11.7. The highest BCUT2D eigenvalue weighted by Crippen LogP contribution is 2.33. The van der Waals surface area contributed by atoms with Crippen LogP contribution in [0.5, 0.6) is 0 Å². The molecule has 1 amide bonds. The van der Waals surface area contributed by atoms with Gasteiger partial charge in [-0.25, -0.2) is 0 Å². The molecule has 1 aliphatic heterocycles. The van der Waals surface area contributed by atoms with Crippen LogP contribution in [0.15, 0.2) is 36.4 Å². The smallest absolute Gasteiger partial charge is 0.244 e. The van der Waals surface area contributed by atoms with Gasteiger partial charge in [-0.2, -0.15) is 0 Å². The minimum Gasteiger partial charge on any atom is -0.382 e. The molecule has 0 saturated heterocycles. The second-order valence-electron chi connectivity index (χ2n) is 3.97. The van der Waals surface area contributed by atoms with Crippen LogP contribution >= 0.6 is 0 Å². The van der Waals surface area contributed by atoms with E-state index in [2.05, 4.69) is 15.5 Å². The van der Waals surface area contributed by atoms with Crippen molar-refractivity contribution >= 4 is 28.9 Å². The van der Waals surface area contributed by atoms with Crippen LogP contribution in [0, 0.1) is 0 Å². The molecule has 0 radical (unpaired) electrons. The highest BCUT2D eigenvalue weighted by molar-refractivity contribution is 6.02. The van der Waals surface area contributed by atoms with E-state index in [1.54, 1.807) is 17.0 Å². The quantitative estimate of drug-likeness (QED) is 0.782. The van der Waals surface area contributed by atoms with Crippen LogP contribution in [0.25, 0.3) is 0 Å². The monoisotopic (exact) mass is 241 g/mol. The Morgan fingerprint density at radius 1 is 1.17 bits per heavy atom. The number of aromatic nitrogens is 2. The molecule has 1 aromatic carbocycles. The van der Waals surface area contributed by atoms with E-state index in [1.165, 1.54) is 0 Å². The van der Waals surface area contributed by atoms with Crippen LogP contribution < -0.4 is 16.0 Å². The largest absolute Gasteiger partial charge is 0.382 e. The zero-order chi connectivity index (χ0) is 12.5. The van der Waals surface area contributed by atoms with Gasteiger partial charge in [0.2, 0.25) is 5.91 Å². The molecule has 2 aromatic rings. The van der Waals surface area contributed by atoms with Crippen LogP contribution in [0.1, 0.15) is 0 Å².